The van der Waals surface area contributed by atoms with E-state index in [0.29, 0.717) is 0 Å². The van der Waals surface area contributed by atoms with Gasteiger partial charge in [-0.1, -0.05) is 0 Å². The zero-order valence-electron chi connectivity index (χ0n) is 9.93. The summed E-state index contributed by atoms with van der Waals surface area (Å²) >= 11 is 0. The second-order valence-corrected chi connectivity index (χ2v) is 6.11. The monoisotopic (exact) mass is 267 g/mol. The molecule has 0 heterocycles. The van der Waals surface area contributed by atoms with E-state index in [1.54, 1.807) is 0 Å². The van der Waals surface area contributed by atoms with Gasteiger partial charge >= 0.3 is 20.7 Å². The Bertz CT molecular complexity index is 260. The van der Waals surface area contributed by atoms with Gasteiger partial charge in [-0.15, -0.1) is 0 Å². The highest BCUT2D eigenvalue weighted by molar-refractivity contribution is 6.60. The smallest absolute Gasteiger partial charge is 0.481 e. The molecule has 0 saturated carbocycles. The highest BCUT2D eigenvalue weighted by Gasteiger charge is 2.39. The van der Waals surface area contributed by atoms with Crippen LogP contribution in [0.4, 0.5) is 0 Å². The maximum atomic E-state index is 10.8. The molecule has 1 atom stereocenters. The molecule has 0 rings (SSSR count). The molecule has 0 aliphatic carbocycles. The van der Waals surface area contributed by atoms with E-state index in [1.165, 1.54) is 21.3 Å². The van der Waals surface area contributed by atoms with E-state index in [1.807, 2.05) is 0 Å². The molecule has 0 amide bonds. The molecule has 0 aliphatic rings. The topological polar surface area (TPSA) is 114 Å². The number of carboxylic acids is 2. The van der Waals surface area contributed by atoms with Crippen molar-refractivity contribution in [2.75, 3.05) is 27.5 Å². The number of rotatable bonds is 9. The maximum absolute atomic E-state index is 10.8. The Balaban J connectivity index is 4.46. The summed E-state index contributed by atoms with van der Waals surface area (Å²) in [4.78, 5) is 21.2. The van der Waals surface area contributed by atoms with Gasteiger partial charge in [-0.3, -0.25) is 14.9 Å². The minimum Gasteiger partial charge on any atom is -0.481 e. The third-order valence-corrected chi connectivity index (χ3v) is 4.68. The molecule has 100 valence electrons. The SMILES string of the molecule is CO[Si](CNC(CC(=O)O)C(=O)O)(OC)OC. The van der Waals surface area contributed by atoms with Gasteiger partial charge in [-0.05, 0) is 0 Å². The maximum Gasteiger partial charge on any atom is 0.514 e. The van der Waals surface area contributed by atoms with Crippen molar-refractivity contribution >= 4 is 20.7 Å². The first-order chi connectivity index (χ1) is 7.90. The molecular formula is C8H17NO7Si. The molecule has 0 fully saturated rings. The van der Waals surface area contributed by atoms with Gasteiger partial charge in [-0.2, -0.15) is 0 Å². The van der Waals surface area contributed by atoms with Crippen molar-refractivity contribution in [3.63, 3.8) is 0 Å². The lowest BCUT2D eigenvalue weighted by Gasteiger charge is -2.25. The second-order valence-electron chi connectivity index (χ2n) is 3.16. The Morgan fingerprint density at radius 3 is 1.94 bits per heavy atom. The van der Waals surface area contributed by atoms with Crippen LogP contribution < -0.4 is 5.32 Å². The van der Waals surface area contributed by atoms with E-state index >= 15 is 0 Å². The Hall–Kier alpha value is -1.00. The number of hydrogen-bond acceptors (Lipinski definition) is 6. The van der Waals surface area contributed by atoms with Crippen LogP contribution in [0.5, 0.6) is 0 Å². The molecule has 1 unspecified atom stereocenters. The first-order valence-corrected chi connectivity index (χ1v) is 6.67. The first-order valence-electron chi connectivity index (χ1n) is 4.74. The molecule has 0 aromatic rings. The number of nitrogens with one attached hydrogen (secondary N) is 1. The summed E-state index contributed by atoms with van der Waals surface area (Å²) in [5, 5.41) is 19.9. The van der Waals surface area contributed by atoms with Gasteiger partial charge in [0.2, 0.25) is 0 Å². The van der Waals surface area contributed by atoms with Crippen LogP contribution in [-0.2, 0) is 22.9 Å². The lowest BCUT2D eigenvalue weighted by atomic mass is 10.2. The van der Waals surface area contributed by atoms with Gasteiger partial charge in [0.15, 0.2) is 0 Å². The fraction of sp³-hybridized carbons (Fsp3) is 0.750. The minimum atomic E-state index is -2.94. The predicted octanol–water partition coefficient (Wildman–Crippen LogP) is -1.08. The standard InChI is InChI=1S/C8H17NO7Si/c1-14-17(15-2,16-3)5-9-6(8(12)13)4-7(10)11/h6,9H,4-5H2,1-3H3,(H,10,11)(H,12,13). The van der Waals surface area contributed by atoms with Crippen molar-refractivity contribution in [3.05, 3.63) is 0 Å². The number of aliphatic carboxylic acids is 2. The summed E-state index contributed by atoms with van der Waals surface area (Å²) in [5.74, 6) is -2.46. The highest BCUT2D eigenvalue weighted by Crippen LogP contribution is 2.05. The quantitative estimate of drug-likeness (QED) is 0.452. The zero-order chi connectivity index (χ0) is 13.5. The van der Waals surface area contributed by atoms with Gasteiger partial charge in [0, 0.05) is 21.3 Å². The predicted molar refractivity (Wildman–Crippen MR) is 58.5 cm³/mol. The van der Waals surface area contributed by atoms with E-state index in [-0.39, 0.29) is 6.17 Å². The summed E-state index contributed by atoms with van der Waals surface area (Å²) < 4.78 is 15.2. The third-order valence-electron chi connectivity index (χ3n) is 2.17. The van der Waals surface area contributed by atoms with Crippen LogP contribution in [0.3, 0.4) is 0 Å². The molecule has 0 bridgehead atoms. The summed E-state index contributed by atoms with van der Waals surface area (Å²) in [7, 11) is 1.20. The Kier molecular flexibility index (Phi) is 6.91. The van der Waals surface area contributed by atoms with Crippen LogP contribution in [0.2, 0.25) is 0 Å². The van der Waals surface area contributed by atoms with E-state index in [9.17, 15) is 9.59 Å². The normalized spacial score (nSPS) is 13.4. The van der Waals surface area contributed by atoms with Crippen LogP contribution in [0.25, 0.3) is 0 Å². The number of carboxylic acid groups (broad SMARTS) is 2. The van der Waals surface area contributed by atoms with Crippen molar-refractivity contribution in [1.29, 1.82) is 0 Å². The van der Waals surface area contributed by atoms with E-state index in [2.05, 4.69) is 5.32 Å². The van der Waals surface area contributed by atoms with Crippen LogP contribution in [0, 0.1) is 0 Å². The molecule has 17 heavy (non-hydrogen) atoms. The average Bonchev–Trinajstić information content (AvgIpc) is 2.29. The van der Waals surface area contributed by atoms with Crippen molar-refractivity contribution in [3.8, 4) is 0 Å². The summed E-state index contributed by atoms with van der Waals surface area (Å²) in [5.41, 5.74) is 0. The lowest BCUT2D eigenvalue weighted by Crippen LogP contribution is -2.55. The molecule has 0 radical (unpaired) electrons. The Morgan fingerprint density at radius 2 is 1.65 bits per heavy atom. The highest BCUT2D eigenvalue weighted by atomic mass is 28.4. The molecule has 0 saturated heterocycles. The van der Waals surface area contributed by atoms with Crippen LogP contribution in [0.1, 0.15) is 6.42 Å². The molecular weight excluding hydrogens is 250 g/mol. The summed E-state index contributed by atoms with van der Waals surface area (Å²) in [6, 6.07) is -1.21. The van der Waals surface area contributed by atoms with Crippen LogP contribution in [-0.4, -0.2) is 64.5 Å². The van der Waals surface area contributed by atoms with Crippen molar-refractivity contribution in [1.82, 2.24) is 5.32 Å². The van der Waals surface area contributed by atoms with Crippen LogP contribution in [0.15, 0.2) is 0 Å². The molecule has 0 aliphatic heterocycles. The fourth-order valence-corrected chi connectivity index (χ4v) is 2.57. The molecule has 0 aromatic heterocycles. The number of hydrogen-bond donors (Lipinski definition) is 3. The fourth-order valence-electron chi connectivity index (χ4n) is 1.14. The third kappa shape index (κ3) is 5.24. The van der Waals surface area contributed by atoms with E-state index < -0.39 is 33.2 Å². The molecule has 3 N–H and O–H groups in total. The molecule has 8 nitrogen and oxygen atoms in total. The van der Waals surface area contributed by atoms with Gasteiger partial charge < -0.3 is 23.5 Å². The van der Waals surface area contributed by atoms with Gasteiger partial charge in [0.1, 0.15) is 6.04 Å². The molecule has 0 spiro atoms. The zero-order valence-corrected chi connectivity index (χ0v) is 10.9. The van der Waals surface area contributed by atoms with E-state index in [0.717, 1.165) is 0 Å². The number of carbonyl (C=O) groups is 2. The Labute approximate surface area is 99.8 Å². The van der Waals surface area contributed by atoms with Crippen LogP contribution >= 0.6 is 0 Å². The summed E-state index contributed by atoms with van der Waals surface area (Å²) in [6.07, 6.45) is -0.516. The van der Waals surface area contributed by atoms with Gasteiger partial charge in [0.25, 0.3) is 0 Å². The van der Waals surface area contributed by atoms with Gasteiger partial charge in [-0.25, -0.2) is 0 Å². The Morgan fingerprint density at radius 1 is 1.18 bits per heavy atom. The first kappa shape index (κ1) is 16.0. The largest absolute Gasteiger partial charge is 0.514 e. The second kappa shape index (κ2) is 7.35. The minimum absolute atomic E-state index is 0.0146. The molecule has 9 heteroatoms. The average molecular weight is 267 g/mol. The van der Waals surface area contributed by atoms with Crippen molar-refractivity contribution in [2.45, 2.75) is 12.5 Å². The summed E-state index contributed by atoms with van der Waals surface area (Å²) in [6.45, 7) is 0. The van der Waals surface area contributed by atoms with Gasteiger partial charge in [0.05, 0.1) is 12.6 Å². The molecule has 0 aromatic carbocycles. The van der Waals surface area contributed by atoms with Crippen molar-refractivity contribution < 1.29 is 33.1 Å². The van der Waals surface area contributed by atoms with Crippen molar-refractivity contribution in [2.24, 2.45) is 0 Å². The van der Waals surface area contributed by atoms with E-state index in [4.69, 9.17) is 23.5 Å². The lowest BCUT2D eigenvalue weighted by molar-refractivity contribution is -0.145.